The van der Waals surface area contributed by atoms with Crippen molar-refractivity contribution in [3.05, 3.63) is 29.3 Å². The second-order valence-corrected chi connectivity index (χ2v) is 6.00. The van der Waals surface area contributed by atoms with Crippen LogP contribution in [0.3, 0.4) is 0 Å². The van der Waals surface area contributed by atoms with Crippen LogP contribution in [0.5, 0.6) is 5.75 Å². The van der Waals surface area contributed by atoms with Crippen LogP contribution in [0, 0.1) is 13.8 Å². The normalized spacial score (nSPS) is 21.2. The van der Waals surface area contributed by atoms with Crippen LogP contribution in [0.2, 0.25) is 0 Å². The van der Waals surface area contributed by atoms with Gasteiger partial charge in [-0.05, 0) is 43.9 Å². The monoisotopic (exact) mass is 366 g/mol. The van der Waals surface area contributed by atoms with E-state index in [2.05, 4.69) is 0 Å². The van der Waals surface area contributed by atoms with Gasteiger partial charge in [-0.1, -0.05) is 12.1 Å². The highest BCUT2D eigenvalue weighted by atomic mass is 35.5. The van der Waals surface area contributed by atoms with Gasteiger partial charge in [0.05, 0.1) is 0 Å². The molecule has 24 heavy (non-hydrogen) atoms. The first-order chi connectivity index (χ1) is 10.7. The third-order valence-electron chi connectivity index (χ3n) is 4.01. The Bertz CT molecular complexity index is 581. The molecule has 1 aliphatic heterocycles. The van der Waals surface area contributed by atoms with Crippen LogP contribution in [0.1, 0.15) is 24.0 Å². The number of likely N-dealkylation sites (tertiary alicyclic amines) is 1. The Morgan fingerprint density at radius 2 is 2.00 bits per heavy atom. The van der Waals surface area contributed by atoms with Gasteiger partial charge in [0.1, 0.15) is 11.8 Å². The second kappa shape index (κ2) is 8.07. The van der Waals surface area contributed by atoms with Gasteiger partial charge in [-0.2, -0.15) is 13.2 Å². The molecule has 0 aliphatic carbocycles. The molecule has 0 spiro atoms. The predicted molar refractivity (Wildman–Crippen MR) is 87.4 cm³/mol. The average molecular weight is 367 g/mol. The summed E-state index contributed by atoms with van der Waals surface area (Å²) in [5.41, 5.74) is 7.49. The van der Waals surface area contributed by atoms with Crippen LogP contribution in [0.15, 0.2) is 18.2 Å². The summed E-state index contributed by atoms with van der Waals surface area (Å²) < 4.78 is 44.7. The molecule has 1 saturated heterocycles. The average Bonchev–Trinajstić information content (AvgIpc) is 2.46. The van der Waals surface area contributed by atoms with Crippen molar-refractivity contribution in [1.29, 1.82) is 0 Å². The van der Waals surface area contributed by atoms with E-state index in [1.807, 2.05) is 26.0 Å². The number of nitrogens with two attached hydrogens (primary N) is 1. The SMILES string of the molecule is Cc1ccc(C)c(OCC(=O)N2CC(N)CCC2C(F)(F)F)c1.Cl. The number of halogens is 4. The zero-order chi connectivity index (χ0) is 17.2. The molecule has 4 nitrogen and oxygen atoms in total. The number of amides is 1. The van der Waals surface area contributed by atoms with Crippen LogP contribution < -0.4 is 10.5 Å². The number of hydrogen-bond acceptors (Lipinski definition) is 3. The molecular formula is C16H22ClF3N2O2. The standard InChI is InChI=1S/C16H21F3N2O2.ClH/c1-10-3-4-11(2)13(7-10)23-9-15(22)21-8-12(20)5-6-14(21)16(17,18)19;/h3-4,7,12,14H,5-6,8-9,20H2,1-2H3;1H. The highest BCUT2D eigenvalue weighted by Crippen LogP contribution is 2.31. The third kappa shape index (κ3) is 5.01. The fourth-order valence-electron chi connectivity index (χ4n) is 2.70. The van der Waals surface area contributed by atoms with Gasteiger partial charge in [-0.3, -0.25) is 4.79 Å². The maximum atomic E-state index is 13.1. The van der Waals surface area contributed by atoms with E-state index in [0.717, 1.165) is 16.0 Å². The van der Waals surface area contributed by atoms with Crippen LogP contribution in [-0.2, 0) is 4.79 Å². The smallest absolute Gasteiger partial charge is 0.408 e. The second-order valence-electron chi connectivity index (χ2n) is 6.00. The number of benzene rings is 1. The largest absolute Gasteiger partial charge is 0.483 e. The van der Waals surface area contributed by atoms with Crippen molar-refractivity contribution in [3.8, 4) is 5.75 Å². The van der Waals surface area contributed by atoms with Crippen LogP contribution in [0.25, 0.3) is 0 Å². The van der Waals surface area contributed by atoms with Gasteiger partial charge in [0.15, 0.2) is 6.61 Å². The minimum atomic E-state index is -4.45. The lowest BCUT2D eigenvalue weighted by Crippen LogP contribution is -2.57. The van der Waals surface area contributed by atoms with Gasteiger partial charge in [0, 0.05) is 12.6 Å². The molecule has 0 aromatic heterocycles. The van der Waals surface area contributed by atoms with Gasteiger partial charge >= 0.3 is 6.18 Å². The lowest BCUT2D eigenvalue weighted by molar-refractivity contribution is -0.197. The molecule has 8 heteroatoms. The van der Waals surface area contributed by atoms with Crippen molar-refractivity contribution in [2.24, 2.45) is 5.73 Å². The zero-order valence-electron chi connectivity index (χ0n) is 13.6. The molecule has 1 aromatic carbocycles. The molecule has 0 bridgehead atoms. The first-order valence-corrected chi connectivity index (χ1v) is 7.50. The molecule has 2 unspecified atom stereocenters. The van der Waals surface area contributed by atoms with Crippen molar-refractivity contribution < 1.29 is 22.7 Å². The van der Waals surface area contributed by atoms with Crippen LogP contribution in [0.4, 0.5) is 13.2 Å². The van der Waals surface area contributed by atoms with Crippen LogP contribution >= 0.6 is 12.4 Å². The Kier molecular flexibility index (Phi) is 6.92. The van der Waals surface area contributed by atoms with Crippen molar-refractivity contribution in [1.82, 2.24) is 4.90 Å². The summed E-state index contributed by atoms with van der Waals surface area (Å²) in [6, 6.07) is 3.28. The summed E-state index contributed by atoms with van der Waals surface area (Å²) >= 11 is 0. The fourth-order valence-corrected chi connectivity index (χ4v) is 2.70. The Morgan fingerprint density at radius 3 is 2.62 bits per heavy atom. The van der Waals surface area contributed by atoms with Crippen LogP contribution in [-0.4, -0.2) is 42.2 Å². The molecule has 1 aliphatic rings. The number of alkyl halides is 3. The summed E-state index contributed by atoms with van der Waals surface area (Å²) in [6.07, 6.45) is -4.36. The summed E-state index contributed by atoms with van der Waals surface area (Å²) in [6.45, 7) is 3.16. The minimum Gasteiger partial charge on any atom is -0.483 e. The summed E-state index contributed by atoms with van der Waals surface area (Å²) in [5, 5.41) is 0. The van der Waals surface area contributed by atoms with Crippen molar-refractivity contribution >= 4 is 18.3 Å². The van der Waals surface area contributed by atoms with E-state index in [1.165, 1.54) is 0 Å². The van der Waals surface area contributed by atoms with E-state index in [9.17, 15) is 18.0 Å². The first-order valence-electron chi connectivity index (χ1n) is 7.50. The molecular weight excluding hydrogens is 345 g/mol. The third-order valence-corrected chi connectivity index (χ3v) is 4.01. The first kappa shape index (κ1) is 20.6. The molecule has 1 amide bonds. The fraction of sp³-hybridized carbons (Fsp3) is 0.562. The lowest BCUT2D eigenvalue weighted by atomic mass is 9.98. The number of rotatable bonds is 3. The maximum absolute atomic E-state index is 13.1. The van der Waals surface area contributed by atoms with Crippen molar-refractivity contribution in [3.63, 3.8) is 0 Å². The van der Waals surface area contributed by atoms with Gasteiger partial charge in [0.25, 0.3) is 5.91 Å². The van der Waals surface area contributed by atoms with Crippen molar-refractivity contribution in [2.75, 3.05) is 13.2 Å². The predicted octanol–water partition coefficient (Wildman–Crippen LogP) is 2.98. The molecule has 2 rings (SSSR count). The van der Waals surface area contributed by atoms with E-state index in [1.54, 1.807) is 6.07 Å². The number of piperidine rings is 1. The lowest BCUT2D eigenvalue weighted by Gasteiger charge is -2.39. The molecule has 1 aromatic rings. The Morgan fingerprint density at radius 1 is 1.33 bits per heavy atom. The molecule has 0 saturated carbocycles. The highest BCUT2D eigenvalue weighted by Gasteiger charge is 2.47. The van der Waals surface area contributed by atoms with E-state index in [0.29, 0.717) is 5.75 Å². The Hall–Kier alpha value is -1.47. The Labute approximate surface area is 145 Å². The quantitative estimate of drug-likeness (QED) is 0.894. The number of nitrogens with zero attached hydrogens (tertiary/aromatic N) is 1. The topological polar surface area (TPSA) is 55.6 Å². The van der Waals surface area contributed by atoms with Gasteiger partial charge < -0.3 is 15.4 Å². The Balaban J connectivity index is 0.00000288. The number of carbonyl (C=O) groups is 1. The summed E-state index contributed by atoms with van der Waals surface area (Å²) in [7, 11) is 0. The van der Waals surface area contributed by atoms with Crippen molar-refractivity contribution in [2.45, 2.75) is 44.9 Å². The van der Waals surface area contributed by atoms with Gasteiger partial charge in [-0.25, -0.2) is 0 Å². The molecule has 1 fully saturated rings. The molecule has 2 N–H and O–H groups in total. The van der Waals surface area contributed by atoms with E-state index in [4.69, 9.17) is 10.5 Å². The summed E-state index contributed by atoms with van der Waals surface area (Å²) in [4.78, 5) is 13.0. The summed E-state index contributed by atoms with van der Waals surface area (Å²) in [5.74, 6) is -0.188. The number of ether oxygens (including phenoxy) is 1. The minimum absolute atomic E-state index is 0. The maximum Gasteiger partial charge on any atom is 0.408 e. The molecule has 1 heterocycles. The molecule has 0 radical (unpaired) electrons. The highest BCUT2D eigenvalue weighted by molar-refractivity contribution is 5.85. The zero-order valence-corrected chi connectivity index (χ0v) is 14.4. The number of hydrogen-bond donors (Lipinski definition) is 1. The van der Waals surface area contributed by atoms with E-state index < -0.39 is 30.8 Å². The van der Waals surface area contributed by atoms with Gasteiger partial charge in [-0.15, -0.1) is 12.4 Å². The molecule has 2 atom stereocenters. The van der Waals surface area contributed by atoms with E-state index in [-0.39, 0.29) is 31.8 Å². The number of aryl methyl sites for hydroxylation is 2. The van der Waals surface area contributed by atoms with E-state index >= 15 is 0 Å². The molecule has 136 valence electrons. The van der Waals surface area contributed by atoms with Gasteiger partial charge in [0.2, 0.25) is 0 Å². The number of carbonyl (C=O) groups excluding carboxylic acids is 1.